The van der Waals surface area contributed by atoms with Gasteiger partial charge in [0.25, 0.3) is 11.8 Å². The molecule has 0 saturated carbocycles. The Bertz CT molecular complexity index is 788. The maximum absolute atomic E-state index is 11.9. The molecule has 2 amide bonds. The van der Waals surface area contributed by atoms with Crippen LogP contribution in [0.4, 0.5) is 5.69 Å². The van der Waals surface area contributed by atoms with Crippen LogP contribution in [0, 0.1) is 0 Å². The zero-order valence-corrected chi connectivity index (χ0v) is 14.5. The van der Waals surface area contributed by atoms with Gasteiger partial charge in [-0.2, -0.15) is 0 Å². The van der Waals surface area contributed by atoms with Gasteiger partial charge in [-0.1, -0.05) is 23.7 Å². The average molecular weight is 361 g/mol. The molecule has 0 aliphatic carbocycles. The predicted molar refractivity (Wildman–Crippen MR) is 94.8 cm³/mol. The molecule has 0 fully saturated rings. The van der Waals surface area contributed by atoms with Crippen molar-refractivity contribution in [2.45, 2.75) is 0 Å². The number of rotatable bonds is 5. The highest BCUT2D eigenvalue weighted by Crippen LogP contribution is 2.16. The minimum atomic E-state index is -0.673. The van der Waals surface area contributed by atoms with Crippen molar-refractivity contribution in [3.63, 3.8) is 0 Å². The molecule has 0 spiro atoms. The van der Waals surface area contributed by atoms with E-state index in [4.69, 9.17) is 16.3 Å². The highest BCUT2D eigenvalue weighted by Gasteiger charge is 2.13. The number of hydrogen-bond acceptors (Lipinski definition) is 4. The normalized spacial score (nSPS) is 10.0. The van der Waals surface area contributed by atoms with E-state index in [1.807, 2.05) is 0 Å². The number of benzene rings is 2. The Kier molecular flexibility index (Phi) is 6.14. The van der Waals surface area contributed by atoms with Crippen LogP contribution in [0.2, 0.25) is 5.02 Å². The van der Waals surface area contributed by atoms with E-state index in [1.54, 1.807) is 56.6 Å². The molecule has 0 heterocycles. The molecule has 25 heavy (non-hydrogen) atoms. The number of halogens is 1. The Morgan fingerprint density at radius 1 is 1.04 bits per heavy atom. The largest absolute Gasteiger partial charge is 0.452 e. The van der Waals surface area contributed by atoms with Crippen molar-refractivity contribution < 1.29 is 19.1 Å². The quantitative estimate of drug-likeness (QED) is 0.832. The number of hydrogen-bond donors (Lipinski definition) is 1. The molecule has 0 saturated heterocycles. The number of amides is 2. The second-order valence-electron chi connectivity index (χ2n) is 5.38. The number of nitrogens with zero attached hydrogens (tertiary/aromatic N) is 1. The van der Waals surface area contributed by atoms with E-state index < -0.39 is 18.5 Å². The fourth-order valence-electron chi connectivity index (χ4n) is 1.99. The van der Waals surface area contributed by atoms with Crippen molar-refractivity contribution in [3.8, 4) is 0 Å². The van der Waals surface area contributed by atoms with Gasteiger partial charge >= 0.3 is 5.97 Å². The number of carbonyl (C=O) groups is 3. The first kappa shape index (κ1) is 18.5. The molecule has 0 unspecified atom stereocenters. The molecule has 0 aliphatic rings. The second kappa shape index (κ2) is 8.30. The molecule has 2 aromatic rings. The third-order valence-electron chi connectivity index (χ3n) is 3.25. The Morgan fingerprint density at radius 2 is 1.68 bits per heavy atom. The van der Waals surface area contributed by atoms with Crippen LogP contribution in [-0.2, 0) is 9.53 Å². The van der Waals surface area contributed by atoms with Crippen LogP contribution in [0.3, 0.4) is 0 Å². The SMILES string of the molecule is CN(C)C(=O)c1ccc(NC(=O)COC(=O)c2ccccc2Cl)cc1. The molecule has 1 N–H and O–H groups in total. The highest BCUT2D eigenvalue weighted by atomic mass is 35.5. The lowest BCUT2D eigenvalue weighted by Crippen LogP contribution is -2.22. The molecule has 130 valence electrons. The fraction of sp³-hybridized carbons (Fsp3) is 0.167. The van der Waals surface area contributed by atoms with Crippen molar-refractivity contribution in [2.24, 2.45) is 0 Å². The van der Waals surface area contributed by atoms with Gasteiger partial charge in [0.2, 0.25) is 0 Å². The summed E-state index contributed by atoms with van der Waals surface area (Å²) in [6, 6.07) is 12.8. The lowest BCUT2D eigenvalue weighted by atomic mass is 10.2. The van der Waals surface area contributed by atoms with Gasteiger partial charge in [-0.25, -0.2) is 4.79 Å². The fourth-order valence-corrected chi connectivity index (χ4v) is 2.20. The van der Waals surface area contributed by atoms with Gasteiger partial charge in [0.1, 0.15) is 0 Å². The summed E-state index contributed by atoms with van der Waals surface area (Å²) in [6.07, 6.45) is 0. The summed E-state index contributed by atoms with van der Waals surface area (Å²) in [5, 5.41) is 2.84. The van der Waals surface area contributed by atoms with Crippen molar-refractivity contribution in [1.29, 1.82) is 0 Å². The molecule has 0 radical (unpaired) electrons. The molecule has 2 aromatic carbocycles. The van der Waals surface area contributed by atoms with Gasteiger partial charge in [0.05, 0.1) is 10.6 Å². The van der Waals surface area contributed by atoms with Crippen LogP contribution in [0.15, 0.2) is 48.5 Å². The van der Waals surface area contributed by atoms with Gasteiger partial charge in [-0.15, -0.1) is 0 Å². The molecular formula is C18H17ClN2O4. The van der Waals surface area contributed by atoms with Crippen molar-refractivity contribution in [3.05, 3.63) is 64.7 Å². The van der Waals surface area contributed by atoms with E-state index in [0.29, 0.717) is 11.3 Å². The Morgan fingerprint density at radius 3 is 2.28 bits per heavy atom. The van der Waals surface area contributed by atoms with E-state index in [-0.39, 0.29) is 16.5 Å². The first-order valence-electron chi connectivity index (χ1n) is 7.41. The van der Waals surface area contributed by atoms with Crippen LogP contribution in [0.1, 0.15) is 20.7 Å². The van der Waals surface area contributed by atoms with Crippen LogP contribution in [-0.4, -0.2) is 43.4 Å². The third-order valence-corrected chi connectivity index (χ3v) is 3.58. The average Bonchev–Trinajstić information content (AvgIpc) is 2.60. The van der Waals surface area contributed by atoms with E-state index in [1.165, 1.54) is 11.0 Å². The monoisotopic (exact) mass is 360 g/mol. The summed E-state index contributed by atoms with van der Waals surface area (Å²) in [6.45, 7) is -0.442. The van der Waals surface area contributed by atoms with Crippen LogP contribution in [0.25, 0.3) is 0 Å². The topological polar surface area (TPSA) is 75.7 Å². The molecule has 7 heteroatoms. The van der Waals surface area contributed by atoms with E-state index in [0.717, 1.165) is 0 Å². The van der Waals surface area contributed by atoms with Crippen LogP contribution < -0.4 is 5.32 Å². The number of esters is 1. The van der Waals surface area contributed by atoms with E-state index in [9.17, 15) is 14.4 Å². The minimum absolute atomic E-state index is 0.133. The smallest absolute Gasteiger partial charge is 0.340 e. The molecule has 2 rings (SSSR count). The zero-order chi connectivity index (χ0) is 18.4. The zero-order valence-electron chi connectivity index (χ0n) is 13.8. The first-order chi connectivity index (χ1) is 11.9. The molecule has 0 aromatic heterocycles. The molecule has 0 bridgehead atoms. The number of carbonyl (C=O) groups excluding carboxylic acids is 3. The molecule has 6 nitrogen and oxygen atoms in total. The summed E-state index contributed by atoms with van der Waals surface area (Å²) in [4.78, 5) is 37.0. The number of nitrogens with one attached hydrogen (secondary N) is 1. The summed E-state index contributed by atoms with van der Waals surface area (Å²) in [7, 11) is 3.32. The highest BCUT2D eigenvalue weighted by molar-refractivity contribution is 6.33. The van der Waals surface area contributed by atoms with Crippen molar-refractivity contribution in [2.75, 3.05) is 26.0 Å². The summed E-state index contributed by atoms with van der Waals surface area (Å²) in [5.41, 5.74) is 1.20. The van der Waals surface area contributed by atoms with Gasteiger partial charge in [-0.3, -0.25) is 9.59 Å². The van der Waals surface area contributed by atoms with Gasteiger partial charge in [0, 0.05) is 25.3 Å². The Hall–Kier alpha value is -2.86. The third kappa shape index (κ3) is 5.06. The minimum Gasteiger partial charge on any atom is -0.452 e. The number of ether oxygens (including phenoxy) is 1. The van der Waals surface area contributed by atoms with Gasteiger partial charge in [-0.05, 0) is 36.4 Å². The molecule has 0 atom stereocenters. The summed E-state index contributed by atoms with van der Waals surface area (Å²) in [5.74, 6) is -1.30. The van der Waals surface area contributed by atoms with E-state index in [2.05, 4.69) is 5.32 Å². The predicted octanol–water partition coefficient (Wildman–Crippen LogP) is 2.84. The maximum Gasteiger partial charge on any atom is 0.340 e. The Labute approximate surface area is 150 Å². The summed E-state index contributed by atoms with van der Waals surface area (Å²) < 4.78 is 4.94. The first-order valence-corrected chi connectivity index (χ1v) is 7.79. The lowest BCUT2D eigenvalue weighted by molar-refractivity contribution is -0.119. The standard InChI is InChI=1S/C18H17ClN2O4/c1-21(2)17(23)12-7-9-13(10-8-12)20-16(22)11-25-18(24)14-5-3-4-6-15(14)19/h3-10H,11H2,1-2H3,(H,20,22). The van der Waals surface area contributed by atoms with Gasteiger partial charge < -0.3 is 15.0 Å². The van der Waals surface area contributed by atoms with E-state index >= 15 is 0 Å². The van der Waals surface area contributed by atoms with Crippen LogP contribution >= 0.6 is 11.6 Å². The van der Waals surface area contributed by atoms with Crippen LogP contribution in [0.5, 0.6) is 0 Å². The Balaban J connectivity index is 1.89. The number of anilines is 1. The van der Waals surface area contributed by atoms with Crippen molar-refractivity contribution in [1.82, 2.24) is 4.90 Å². The lowest BCUT2D eigenvalue weighted by Gasteiger charge is -2.11. The second-order valence-corrected chi connectivity index (χ2v) is 5.79. The summed E-state index contributed by atoms with van der Waals surface area (Å²) >= 11 is 5.89. The van der Waals surface area contributed by atoms with Gasteiger partial charge in [0.15, 0.2) is 6.61 Å². The molecule has 0 aliphatic heterocycles. The maximum atomic E-state index is 11.9. The van der Waals surface area contributed by atoms with Crippen molar-refractivity contribution >= 4 is 35.1 Å². The molecular weight excluding hydrogens is 344 g/mol.